The molecule has 31 heavy (non-hydrogen) atoms. The normalized spacial score (nSPS) is 17.8. The van der Waals surface area contributed by atoms with Crippen molar-refractivity contribution in [3.8, 4) is 0 Å². The van der Waals surface area contributed by atoms with Crippen molar-refractivity contribution in [1.29, 1.82) is 0 Å². The van der Waals surface area contributed by atoms with E-state index in [1.54, 1.807) is 30.5 Å². The Labute approximate surface area is 188 Å². The first kappa shape index (κ1) is 21.6. The van der Waals surface area contributed by atoms with E-state index in [4.69, 9.17) is 11.6 Å². The number of nitrogens with zero attached hydrogens (tertiary/aromatic N) is 3. The second kappa shape index (κ2) is 10.1. The average molecular weight is 441 g/mol. The molecule has 0 bridgehead atoms. The summed E-state index contributed by atoms with van der Waals surface area (Å²) in [5.41, 5.74) is 1.41. The minimum atomic E-state index is 0.0345. The molecule has 1 aromatic heterocycles. The molecule has 1 aromatic carbocycles. The number of benzene rings is 1. The maximum absolute atomic E-state index is 12.8. The number of hydrogen-bond acceptors (Lipinski definition) is 4. The summed E-state index contributed by atoms with van der Waals surface area (Å²) >= 11 is 5.93. The molecule has 1 aliphatic carbocycles. The Hall–Kier alpha value is -2.60. The number of amides is 2. The topological polar surface area (TPSA) is 65.5 Å². The molecule has 1 N–H and O–H groups in total. The van der Waals surface area contributed by atoms with Gasteiger partial charge in [-0.3, -0.25) is 9.59 Å². The Morgan fingerprint density at radius 3 is 2.39 bits per heavy atom. The second-order valence-corrected chi connectivity index (χ2v) is 8.81. The minimum absolute atomic E-state index is 0.0345. The molecule has 2 fully saturated rings. The van der Waals surface area contributed by atoms with Crippen LogP contribution in [0.5, 0.6) is 0 Å². The highest BCUT2D eigenvalue weighted by atomic mass is 35.5. The zero-order valence-corrected chi connectivity index (χ0v) is 18.5. The molecule has 7 heteroatoms. The van der Waals surface area contributed by atoms with Crippen LogP contribution < -0.4 is 10.2 Å². The van der Waals surface area contributed by atoms with Crippen LogP contribution in [0.2, 0.25) is 5.02 Å². The van der Waals surface area contributed by atoms with Gasteiger partial charge >= 0.3 is 0 Å². The van der Waals surface area contributed by atoms with Gasteiger partial charge in [-0.15, -0.1) is 0 Å². The van der Waals surface area contributed by atoms with Gasteiger partial charge in [-0.1, -0.05) is 30.9 Å². The lowest BCUT2D eigenvalue weighted by Crippen LogP contribution is -2.35. The van der Waals surface area contributed by atoms with Crippen LogP contribution in [0, 0.1) is 5.92 Å². The van der Waals surface area contributed by atoms with Crippen LogP contribution in [0.4, 0.5) is 11.5 Å². The van der Waals surface area contributed by atoms with E-state index in [0.717, 1.165) is 56.7 Å². The molecular weight excluding hydrogens is 412 g/mol. The van der Waals surface area contributed by atoms with Gasteiger partial charge in [0.25, 0.3) is 5.91 Å². The summed E-state index contributed by atoms with van der Waals surface area (Å²) in [6.45, 7) is 2.92. The Kier molecular flexibility index (Phi) is 7.07. The van der Waals surface area contributed by atoms with E-state index in [2.05, 4.69) is 15.2 Å². The predicted molar refractivity (Wildman–Crippen MR) is 124 cm³/mol. The highest BCUT2D eigenvalue weighted by molar-refractivity contribution is 6.30. The molecule has 2 amide bonds. The molecule has 0 unspecified atom stereocenters. The van der Waals surface area contributed by atoms with Gasteiger partial charge in [0, 0.05) is 42.7 Å². The smallest absolute Gasteiger partial charge is 0.253 e. The third-order valence-electron chi connectivity index (χ3n) is 6.19. The predicted octanol–water partition coefficient (Wildman–Crippen LogP) is 4.61. The van der Waals surface area contributed by atoms with E-state index >= 15 is 0 Å². The third kappa shape index (κ3) is 5.56. The summed E-state index contributed by atoms with van der Waals surface area (Å²) in [4.78, 5) is 33.9. The number of anilines is 2. The van der Waals surface area contributed by atoms with Gasteiger partial charge in [-0.05, 0) is 55.7 Å². The average Bonchev–Trinajstić information content (AvgIpc) is 3.06. The first-order valence-corrected chi connectivity index (χ1v) is 11.5. The maximum atomic E-state index is 12.8. The van der Waals surface area contributed by atoms with E-state index in [1.165, 1.54) is 6.42 Å². The zero-order chi connectivity index (χ0) is 21.6. The molecule has 6 nitrogen and oxygen atoms in total. The molecule has 1 saturated heterocycles. The van der Waals surface area contributed by atoms with Crippen LogP contribution in [-0.2, 0) is 4.79 Å². The summed E-state index contributed by atoms with van der Waals surface area (Å²) in [5.74, 6) is 1.15. The van der Waals surface area contributed by atoms with Crippen LogP contribution in [0.1, 0.15) is 48.9 Å². The Morgan fingerprint density at radius 1 is 0.903 bits per heavy atom. The number of aromatic nitrogens is 1. The van der Waals surface area contributed by atoms with Gasteiger partial charge in [0.2, 0.25) is 5.91 Å². The molecule has 1 aliphatic heterocycles. The number of carbonyl (C=O) groups excluding carboxylic acids is 2. The quantitative estimate of drug-likeness (QED) is 0.754. The van der Waals surface area contributed by atoms with Gasteiger partial charge in [-0.2, -0.15) is 0 Å². The molecule has 2 aliphatic rings. The lowest BCUT2D eigenvalue weighted by Gasteiger charge is -2.23. The van der Waals surface area contributed by atoms with Crippen LogP contribution in [0.15, 0.2) is 42.6 Å². The summed E-state index contributed by atoms with van der Waals surface area (Å²) in [5, 5.41) is 3.64. The van der Waals surface area contributed by atoms with Gasteiger partial charge in [-0.25, -0.2) is 4.98 Å². The molecule has 0 atom stereocenters. The monoisotopic (exact) mass is 440 g/mol. The van der Waals surface area contributed by atoms with E-state index in [9.17, 15) is 9.59 Å². The van der Waals surface area contributed by atoms with Gasteiger partial charge in [0.1, 0.15) is 5.82 Å². The maximum Gasteiger partial charge on any atom is 0.253 e. The van der Waals surface area contributed by atoms with E-state index in [-0.39, 0.29) is 17.7 Å². The van der Waals surface area contributed by atoms with Crippen LogP contribution in [-0.4, -0.2) is 47.9 Å². The van der Waals surface area contributed by atoms with Crippen LogP contribution in [0.25, 0.3) is 0 Å². The fourth-order valence-electron chi connectivity index (χ4n) is 4.38. The highest BCUT2D eigenvalue weighted by Crippen LogP contribution is 2.25. The number of rotatable bonds is 4. The first-order chi connectivity index (χ1) is 15.1. The Balaban J connectivity index is 1.33. The fourth-order valence-corrected chi connectivity index (χ4v) is 4.51. The Bertz CT molecular complexity index is 895. The largest absolute Gasteiger partial charge is 0.355 e. The fraction of sp³-hybridized carbons (Fsp3) is 0.458. The summed E-state index contributed by atoms with van der Waals surface area (Å²) in [6, 6.07) is 10.9. The Morgan fingerprint density at radius 2 is 1.68 bits per heavy atom. The van der Waals surface area contributed by atoms with Crippen molar-refractivity contribution in [2.45, 2.75) is 38.5 Å². The molecule has 0 radical (unpaired) electrons. The lowest BCUT2D eigenvalue weighted by molar-refractivity contribution is -0.120. The minimum Gasteiger partial charge on any atom is -0.355 e. The second-order valence-electron chi connectivity index (χ2n) is 8.37. The third-order valence-corrected chi connectivity index (χ3v) is 6.44. The highest BCUT2D eigenvalue weighted by Gasteiger charge is 2.22. The zero-order valence-electron chi connectivity index (χ0n) is 17.7. The van der Waals surface area contributed by atoms with Gasteiger partial charge in [0.15, 0.2) is 0 Å². The van der Waals surface area contributed by atoms with Crippen molar-refractivity contribution >= 4 is 34.9 Å². The van der Waals surface area contributed by atoms with Gasteiger partial charge < -0.3 is 15.1 Å². The molecular formula is C24H29ClN4O2. The van der Waals surface area contributed by atoms with Gasteiger partial charge in [0.05, 0.1) is 11.9 Å². The number of carbonyl (C=O) groups is 2. The molecule has 164 valence electrons. The number of halogens is 1. The number of pyridine rings is 1. The van der Waals surface area contributed by atoms with E-state index < -0.39 is 0 Å². The summed E-state index contributed by atoms with van der Waals surface area (Å²) in [6.07, 6.45) is 8.09. The number of hydrogen-bond donors (Lipinski definition) is 1. The van der Waals surface area contributed by atoms with E-state index in [1.807, 2.05) is 17.0 Å². The summed E-state index contributed by atoms with van der Waals surface area (Å²) < 4.78 is 0. The van der Waals surface area contributed by atoms with Crippen molar-refractivity contribution in [2.24, 2.45) is 5.92 Å². The molecule has 2 heterocycles. The molecule has 4 rings (SSSR count). The van der Waals surface area contributed by atoms with Crippen LogP contribution in [0.3, 0.4) is 0 Å². The standard InChI is InChI=1S/C24H29ClN4O2/c25-20-9-7-19(8-10-20)24(31)29-14-4-13-28(15-16-29)22-12-11-21(17-26-22)27-23(30)18-5-2-1-3-6-18/h7-12,17-18H,1-6,13-16H2,(H,27,30). The first-order valence-electron chi connectivity index (χ1n) is 11.2. The summed E-state index contributed by atoms with van der Waals surface area (Å²) in [7, 11) is 0. The van der Waals surface area contributed by atoms with Crippen molar-refractivity contribution in [3.63, 3.8) is 0 Å². The van der Waals surface area contributed by atoms with Crippen LogP contribution >= 0.6 is 11.6 Å². The molecule has 1 saturated carbocycles. The lowest BCUT2D eigenvalue weighted by atomic mass is 9.88. The van der Waals surface area contributed by atoms with Crippen molar-refractivity contribution in [2.75, 3.05) is 36.4 Å². The van der Waals surface area contributed by atoms with Crippen molar-refractivity contribution < 1.29 is 9.59 Å². The van der Waals surface area contributed by atoms with Crippen molar-refractivity contribution in [3.05, 3.63) is 53.2 Å². The molecule has 0 spiro atoms. The molecule has 2 aromatic rings. The number of nitrogens with one attached hydrogen (secondary N) is 1. The SMILES string of the molecule is O=C(Nc1ccc(N2CCCN(C(=O)c3ccc(Cl)cc3)CC2)nc1)C1CCCCC1. The van der Waals surface area contributed by atoms with E-state index in [0.29, 0.717) is 23.7 Å². The van der Waals surface area contributed by atoms with Crippen molar-refractivity contribution in [1.82, 2.24) is 9.88 Å².